The van der Waals surface area contributed by atoms with Crippen molar-refractivity contribution in [3.8, 4) is 33.2 Å². The van der Waals surface area contributed by atoms with Gasteiger partial charge >= 0.3 is 0 Å². The first-order chi connectivity index (χ1) is 15.1. The molecule has 0 atom stereocenters. The molecule has 0 spiro atoms. The highest BCUT2D eigenvalue weighted by Gasteiger charge is 2.19. The number of furan rings is 1. The van der Waals surface area contributed by atoms with E-state index in [1.165, 1.54) is 11.5 Å². The summed E-state index contributed by atoms with van der Waals surface area (Å²) in [5, 5.41) is 8.91. The lowest BCUT2D eigenvalue weighted by Crippen LogP contribution is -2.12. The molecule has 154 valence electrons. The van der Waals surface area contributed by atoms with E-state index in [4.69, 9.17) is 15.1 Å². The average molecular weight is 448 g/mol. The number of amides is 1. The van der Waals surface area contributed by atoms with Gasteiger partial charge in [-0.3, -0.25) is 4.79 Å². The van der Waals surface area contributed by atoms with Crippen LogP contribution in [0.2, 0.25) is 0 Å². The predicted molar refractivity (Wildman–Crippen MR) is 121 cm³/mol. The van der Waals surface area contributed by atoms with Gasteiger partial charge in [-0.05, 0) is 36.7 Å². The zero-order chi connectivity index (χ0) is 21.4. The van der Waals surface area contributed by atoms with Crippen molar-refractivity contribution >= 4 is 28.8 Å². The van der Waals surface area contributed by atoms with Crippen molar-refractivity contribution < 1.29 is 9.21 Å². The van der Waals surface area contributed by atoms with Gasteiger partial charge in [0.1, 0.15) is 16.5 Å². The minimum Gasteiger partial charge on any atom is -0.467 e. The molecule has 4 heterocycles. The number of benzene rings is 1. The molecule has 9 heteroatoms. The van der Waals surface area contributed by atoms with E-state index in [-0.39, 0.29) is 0 Å². The number of carbonyl (C=O) groups excluding carboxylic acids is 1. The number of hydrogen-bond acceptors (Lipinski definition) is 7. The van der Waals surface area contributed by atoms with Crippen LogP contribution in [0.25, 0.3) is 33.2 Å². The molecule has 0 aliphatic rings. The van der Waals surface area contributed by atoms with E-state index < -0.39 is 5.91 Å². The smallest absolute Gasteiger partial charge is 0.250 e. The van der Waals surface area contributed by atoms with Gasteiger partial charge < -0.3 is 14.7 Å². The van der Waals surface area contributed by atoms with Crippen molar-refractivity contribution in [1.29, 1.82) is 0 Å². The van der Waals surface area contributed by atoms with E-state index in [0.29, 0.717) is 12.1 Å². The third kappa shape index (κ3) is 3.69. The first kappa shape index (κ1) is 19.4. The molecular weight excluding hydrogens is 430 g/mol. The summed E-state index contributed by atoms with van der Waals surface area (Å²) in [6.07, 6.45) is 1.63. The van der Waals surface area contributed by atoms with Crippen molar-refractivity contribution in [2.24, 2.45) is 5.73 Å². The Bertz CT molecular complexity index is 1330. The maximum atomic E-state index is 11.9. The standard InChI is InChI=1S/C22H17N5O2S2/c1-13-17(21(23)28)9-20(27(13)10-16-3-2-8-29-16)19-11-30-22(24-19)15-6-4-14(5-7-15)18-12-31-26-25-18/h2-9,11-12H,10H2,1H3,(H2,23,28). The summed E-state index contributed by atoms with van der Waals surface area (Å²) in [5.41, 5.74) is 11.4. The summed E-state index contributed by atoms with van der Waals surface area (Å²) >= 11 is 2.88. The zero-order valence-electron chi connectivity index (χ0n) is 16.5. The zero-order valence-corrected chi connectivity index (χ0v) is 18.1. The lowest BCUT2D eigenvalue weighted by atomic mass is 10.1. The molecule has 31 heavy (non-hydrogen) atoms. The van der Waals surface area contributed by atoms with Crippen LogP contribution in [0.1, 0.15) is 21.8 Å². The number of aromatic nitrogens is 4. The fraction of sp³-hybridized carbons (Fsp3) is 0.0909. The van der Waals surface area contributed by atoms with Crippen LogP contribution < -0.4 is 5.73 Å². The first-order valence-corrected chi connectivity index (χ1v) is 11.2. The second-order valence-corrected chi connectivity index (χ2v) is 8.43. The van der Waals surface area contributed by atoms with Crippen LogP contribution in [0.3, 0.4) is 0 Å². The van der Waals surface area contributed by atoms with Gasteiger partial charge in [-0.15, -0.1) is 16.4 Å². The Kier molecular flexibility index (Phi) is 4.97. The fourth-order valence-corrected chi connectivity index (χ4v) is 4.75. The van der Waals surface area contributed by atoms with E-state index in [9.17, 15) is 4.79 Å². The lowest BCUT2D eigenvalue weighted by Gasteiger charge is -2.09. The van der Waals surface area contributed by atoms with Gasteiger partial charge in [-0.1, -0.05) is 28.8 Å². The largest absolute Gasteiger partial charge is 0.467 e. The normalized spacial score (nSPS) is 11.1. The number of primary amides is 1. The van der Waals surface area contributed by atoms with Crippen LogP contribution in [-0.2, 0) is 6.54 Å². The van der Waals surface area contributed by atoms with Gasteiger partial charge in [-0.2, -0.15) is 0 Å². The summed E-state index contributed by atoms with van der Waals surface area (Å²) in [5.74, 6) is 0.332. The number of nitrogens with zero attached hydrogens (tertiary/aromatic N) is 4. The Morgan fingerprint density at radius 1 is 1.13 bits per heavy atom. The van der Waals surface area contributed by atoms with Gasteiger partial charge in [0.2, 0.25) is 0 Å². The third-order valence-electron chi connectivity index (χ3n) is 5.08. The Morgan fingerprint density at radius 3 is 2.61 bits per heavy atom. The maximum absolute atomic E-state index is 11.9. The van der Waals surface area contributed by atoms with Crippen molar-refractivity contribution in [2.45, 2.75) is 13.5 Å². The van der Waals surface area contributed by atoms with Crippen LogP contribution in [0.15, 0.2) is 63.9 Å². The number of nitrogens with two attached hydrogens (primary N) is 1. The number of thiazole rings is 1. The van der Waals surface area contributed by atoms with Crippen molar-refractivity contribution in [1.82, 2.24) is 19.1 Å². The minimum atomic E-state index is -0.459. The maximum Gasteiger partial charge on any atom is 0.250 e. The SMILES string of the molecule is Cc1c(C(N)=O)cc(-c2csc(-c3ccc(-c4csnn4)cc3)n2)n1Cc1ccco1. The van der Waals surface area contributed by atoms with Crippen LogP contribution in [0, 0.1) is 6.92 Å². The Hall–Kier alpha value is -3.56. The third-order valence-corrected chi connectivity index (χ3v) is 6.48. The molecule has 0 fully saturated rings. The van der Waals surface area contributed by atoms with Crippen molar-refractivity contribution in [2.75, 3.05) is 0 Å². The summed E-state index contributed by atoms with van der Waals surface area (Å²) < 4.78 is 11.4. The molecule has 1 amide bonds. The summed E-state index contributed by atoms with van der Waals surface area (Å²) in [6.45, 7) is 2.37. The monoisotopic (exact) mass is 447 g/mol. The highest BCUT2D eigenvalue weighted by molar-refractivity contribution is 7.13. The van der Waals surface area contributed by atoms with E-state index in [1.54, 1.807) is 23.7 Å². The second-order valence-electron chi connectivity index (χ2n) is 6.96. The van der Waals surface area contributed by atoms with Crippen molar-refractivity contribution in [3.63, 3.8) is 0 Å². The van der Waals surface area contributed by atoms with Crippen LogP contribution in [0.4, 0.5) is 0 Å². The number of hydrogen-bond donors (Lipinski definition) is 1. The molecule has 0 unspecified atom stereocenters. The van der Waals surface area contributed by atoms with Crippen LogP contribution in [0.5, 0.6) is 0 Å². The molecule has 0 saturated heterocycles. The molecule has 4 aromatic heterocycles. The quantitative estimate of drug-likeness (QED) is 0.401. The number of rotatable bonds is 6. The van der Waals surface area contributed by atoms with Crippen molar-refractivity contribution in [3.05, 3.63) is 76.5 Å². The fourth-order valence-electron chi connectivity index (χ4n) is 3.47. The topological polar surface area (TPSA) is 99.8 Å². The van der Waals surface area contributed by atoms with Gasteiger partial charge in [0.05, 0.1) is 29.8 Å². The Labute approximate surface area is 186 Å². The Balaban J connectivity index is 1.50. The molecule has 1 aromatic carbocycles. The first-order valence-electron chi connectivity index (χ1n) is 9.46. The highest BCUT2D eigenvalue weighted by atomic mass is 32.1. The molecule has 0 bridgehead atoms. The van der Waals surface area contributed by atoms with E-state index >= 15 is 0 Å². The van der Waals surface area contributed by atoms with Gasteiger partial charge in [0, 0.05) is 27.6 Å². The van der Waals surface area contributed by atoms with E-state index in [2.05, 4.69) is 9.59 Å². The van der Waals surface area contributed by atoms with Crippen LogP contribution >= 0.6 is 22.9 Å². The second kappa shape index (κ2) is 7.93. The number of carbonyl (C=O) groups is 1. The van der Waals surface area contributed by atoms with E-state index in [1.807, 2.05) is 58.6 Å². The van der Waals surface area contributed by atoms with Gasteiger partial charge in [0.15, 0.2) is 0 Å². The summed E-state index contributed by atoms with van der Waals surface area (Å²) in [6, 6.07) is 13.6. The molecule has 0 aliphatic heterocycles. The molecular formula is C22H17N5O2S2. The molecule has 0 radical (unpaired) electrons. The van der Waals surface area contributed by atoms with Gasteiger partial charge in [0.25, 0.3) is 5.91 Å². The lowest BCUT2D eigenvalue weighted by molar-refractivity contribution is 0.0999. The summed E-state index contributed by atoms with van der Waals surface area (Å²) in [7, 11) is 0. The van der Waals surface area contributed by atoms with Gasteiger partial charge in [-0.25, -0.2) is 4.98 Å². The molecule has 5 rings (SSSR count). The molecule has 0 saturated carbocycles. The van der Waals surface area contributed by atoms with Crippen LogP contribution in [-0.4, -0.2) is 25.0 Å². The molecule has 2 N–H and O–H groups in total. The summed E-state index contributed by atoms with van der Waals surface area (Å²) in [4.78, 5) is 16.8. The highest BCUT2D eigenvalue weighted by Crippen LogP contribution is 2.33. The predicted octanol–water partition coefficient (Wildman–Crippen LogP) is 4.85. The average Bonchev–Trinajstić information content (AvgIpc) is 3.57. The molecule has 5 aromatic rings. The van der Waals surface area contributed by atoms with E-state index in [0.717, 1.165) is 44.7 Å². The molecule has 0 aliphatic carbocycles. The minimum absolute atomic E-state index is 0.459. The Morgan fingerprint density at radius 2 is 1.94 bits per heavy atom. The molecule has 7 nitrogen and oxygen atoms in total.